The van der Waals surface area contributed by atoms with Crippen molar-refractivity contribution in [2.75, 3.05) is 0 Å². The van der Waals surface area contributed by atoms with Gasteiger partial charge in [0.1, 0.15) is 6.10 Å². The van der Waals surface area contributed by atoms with Gasteiger partial charge in [-0.15, -0.1) is 0 Å². The molecule has 0 aliphatic rings. The van der Waals surface area contributed by atoms with E-state index >= 15 is 0 Å². The lowest BCUT2D eigenvalue weighted by molar-refractivity contribution is -0.127. The molecule has 2 unspecified atom stereocenters. The number of nitrogens with two attached hydrogens (primary N) is 1. The van der Waals surface area contributed by atoms with Crippen LogP contribution in [0.3, 0.4) is 0 Å². The van der Waals surface area contributed by atoms with Crippen LogP contribution in [0.15, 0.2) is 12.2 Å². The minimum atomic E-state index is -1.39. The summed E-state index contributed by atoms with van der Waals surface area (Å²) in [5.41, 5.74) is 5.60. The quantitative estimate of drug-likeness (QED) is 0.251. The van der Waals surface area contributed by atoms with Crippen LogP contribution in [0.25, 0.3) is 0 Å². The smallest absolute Gasteiger partial charge is 0.159 e. The predicted octanol–water partition coefficient (Wildman–Crippen LogP) is 2.85. The number of ketones is 1. The van der Waals surface area contributed by atoms with E-state index in [1.807, 2.05) is 0 Å². The van der Waals surface area contributed by atoms with Crippen molar-refractivity contribution in [1.82, 2.24) is 0 Å². The van der Waals surface area contributed by atoms with Crippen molar-refractivity contribution in [2.45, 2.75) is 109 Å². The molecule has 0 heterocycles. The van der Waals surface area contributed by atoms with E-state index < -0.39 is 30.1 Å². The SMILES string of the molecule is CCCCCCCCCCCCC(O)/C=C/[C@@H](O)[C@@H](N)C(O)C(C)=O. The van der Waals surface area contributed by atoms with Crippen LogP contribution in [0.4, 0.5) is 0 Å². The van der Waals surface area contributed by atoms with Crippen LogP contribution in [0.1, 0.15) is 84.5 Å². The van der Waals surface area contributed by atoms with Gasteiger partial charge in [-0.25, -0.2) is 0 Å². The molecule has 0 radical (unpaired) electrons. The summed E-state index contributed by atoms with van der Waals surface area (Å²) >= 11 is 0. The van der Waals surface area contributed by atoms with Crippen LogP contribution < -0.4 is 5.73 Å². The maximum atomic E-state index is 11.0. The third-order valence-electron chi connectivity index (χ3n) is 4.56. The zero-order valence-corrected chi connectivity index (χ0v) is 16.1. The molecule has 0 bridgehead atoms. The Balaban J connectivity index is 3.69. The number of unbranched alkanes of at least 4 members (excludes halogenated alkanes) is 9. The zero-order chi connectivity index (χ0) is 19.1. The van der Waals surface area contributed by atoms with E-state index in [1.54, 1.807) is 0 Å². The van der Waals surface area contributed by atoms with Crippen LogP contribution in [0.2, 0.25) is 0 Å². The lowest BCUT2D eigenvalue weighted by atomic mass is 10.0. The van der Waals surface area contributed by atoms with Gasteiger partial charge in [0.05, 0.1) is 18.2 Å². The number of carbonyl (C=O) groups excluding carboxylic acids is 1. The standard InChI is InChI=1S/C20H39NO4/c1-3-4-5-6-7-8-9-10-11-12-13-17(23)14-15-18(24)19(21)20(25)16(2)22/h14-15,17-20,23-25H,3-13,21H2,1-2H3/b15-14+/t17?,18-,19-,20?/m1/s1. The average Bonchev–Trinajstić information content (AvgIpc) is 2.59. The number of hydrogen-bond acceptors (Lipinski definition) is 5. The van der Waals surface area contributed by atoms with Crippen molar-refractivity contribution < 1.29 is 20.1 Å². The van der Waals surface area contributed by atoms with E-state index in [-0.39, 0.29) is 0 Å². The summed E-state index contributed by atoms with van der Waals surface area (Å²) in [6, 6.07) is -1.07. The van der Waals surface area contributed by atoms with Crippen LogP contribution in [-0.4, -0.2) is 45.5 Å². The van der Waals surface area contributed by atoms with E-state index in [1.165, 1.54) is 70.4 Å². The molecule has 0 aliphatic carbocycles. The first kappa shape index (κ1) is 24.2. The minimum absolute atomic E-state index is 0.481. The number of hydrogen-bond donors (Lipinski definition) is 4. The molecule has 0 amide bonds. The Kier molecular flexibility index (Phi) is 15.0. The van der Waals surface area contributed by atoms with Crippen molar-refractivity contribution in [3.05, 3.63) is 12.2 Å². The molecule has 148 valence electrons. The Labute approximate surface area is 153 Å². The second-order valence-electron chi connectivity index (χ2n) is 7.05. The summed E-state index contributed by atoms with van der Waals surface area (Å²) < 4.78 is 0. The molecule has 0 aliphatic heterocycles. The van der Waals surface area contributed by atoms with Crippen molar-refractivity contribution >= 4 is 5.78 Å². The van der Waals surface area contributed by atoms with Gasteiger partial charge in [-0.2, -0.15) is 0 Å². The van der Waals surface area contributed by atoms with Gasteiger partial charge < -0.3 is 21.1 Å². The molecule has 0 rings (SSSR count). The van der Waals surface area contributed by atoms with Crippen molar-refractivity contribution in [3.8, 4) is 0 Å². The summed E-state index contributed by atoms with van der Waals surface area (Å²) in [4.78, 5) is 11.0. The Morgan fingerprint density at radius 3 is 1.84 bits per heavy atom. The van der Waals surface area contributed by atoms with E-state index in [0.717, 1.165) is 12.8 Å². The topological polar surface area (TPSA) is 104 Å². The fourth-order valence-corrected chi connectivity index (χ4v) is 2.77. The zero-order valence-electron chi connectivity index (χ0n) is 16.1. The Morgan fingerprint density at radius 2 is 1.36 bits per heavy atom. The lowest BCUT2D eigenvalue weighted by Gasteiger charge is -2.19. The predicted molar refractivity (Wildman–Crippen MR) is 102 cm³/mol. The highest BCUT2D eigenvalue weighted by molar-refractivity contribution is 5.81. The van der Waals surface area contributed by atoms with Crippen molar-refractivity contribution in [1.29, 1.82) is 0 Å². The molecule has 4 atom stereocenters. The molecule has 5 nitrogen and oxygen atoms in total. The fourth-order valence-electron chi connectivity index (χ4n) is 2.77. The first-order valence-corrected chi connectivity index (χ1v) is 9.88. The molecule has 0 spiro atoms. The van der Waals surface area contributed by atoms with Gasteiger partial charge in [-0.3, -0.25) is 4.79 Å². The third-order valence-corrected chi connectivity index (χ3v) is 4.56. The molecule has 25 heavy (non-hydrogen) atoms. The molecule has 0 saturated heterocycles. The van der Waals surface area contributed by atoms with Gasteiger partial charge in [0.25, 0.3) is 0 Å². The maximum Gasteiger partial charge on any atom is 0.159 e. The highest BCUT2D eigenvalue weighted by atomic mass is 16.3. The number of rotatable bonds is 16. The van der Waals surface area contributed by atoms with Crippen LogP contribution in [0, 0.1) is 0 Å². The largest absolute Gasteiger partial charge is 0.389 e. The van der Waals surface area contributed by atoms with Gasteiger partial charge in [0.2, 0.25) is 0 Å². The Hall–Kier alpha value is -0.750. The van der Waals surface area contributed by atoms with Crippen LogP contribution in [0.5, 0.6) is 0 Å². The summed E-state index contributed by atoms with van der Waals surface area (Å²) in [7, 11) is 0. The minimum Gasteiger partial charge on any atom is -0.389 e. The highest BCUT2D eigenvalue weighted by Gasteiger charge is 2.24. The van der Waals surface area contributed by atoms with Crippen molar-refractivity contribution in [3.63, 3.8) is 0 Å². The van der Waals surface area contributed by atoms with Crippen LogP contribution in [-0.2, 0) is 4.79 Å². The van der Waals surface area contributed by atoms with E-state index in [4.69, 9.17) is 5.73 Å². The number of aliphatic hydroxyl groups excluding tert-OH is 3. The normalized spacial score (nSPS) is 16.7. The van der Waals surface area contributed by atoms with Gasteiger partial charge in [0, 0.05) is 0 Å². The maximum absolute atomic E-state index is 11.0. The molecule has 0 aromatic heterocycles. The number of aliphatic hydroxyl groups is 3. The molecule has 0 aromatic carbocycles. The Bertz CT molecular complexity index is 360. The lowest BCUT2D eigenvalue weighted by Crippen LogP contribution is -2.47. The van der Waals surface area contributed by atoms with Crippen LogP contribution >= 0.6 is 0 Å². The van der Waals surface area contributed by atoms with Gasteiger partial charge in [0.15, 0.2) is 5.78 Å². The summed E-state index contributed by atoms with van der Waals surface area (Å²) in [6.45, 7) is 3.45. The first-order chi connectivity index (χ1) is 11.9. The van der Waals surface area contributed by atoms with Crippen molar-refractivity contribution in [2.24, 2.45) is 5.73 Å². The summed E-state index contributed by atoms with van der Waals surface area (Å²) in [5, 5.41) is 29.2. The van der Waals surface area contributed by atoms with E-state index in [2.05, 4.69) is 6.92 Å². The van der Waals surface area contributed by atoms with Gasteiger partial charge >= 0.3 is 0 Å². The fraction of sp³-hybridized carbons (Fsp3) is 0.850. The van der Waals surface area contributed by atoms with E-state index in [9.17, 15) is 20.1 Å². The molecular formula is C20H39NO4. The molecule has 0 aromatic rings. The monoisotopic (exact) mass is 357 g/mol. The number of Topliss-reactive ketones (excluding diaryl/α,β-unsaturated/α-hetero) is 1. The summed E-state index contributed by atoms with van der Waals surface area (Å²) in [5.74, 6) is -0.481. The second kappa shape index (κ2) is 15.5. The molecule has 5 N–H and O–H groups in total. The van der Waals surface area contributed by atoms with Gasteiger partial charge in [-0.05, 0) is 13.3 Å². The Morgan fingerprint density at radius 1 is 0.880 bits per heavy atom. The summed E-state index contributed by atoms with van der Waals surface area (Å²) in [6.07, 6.45) is 12.8. The van der Waals surface area contributed by atoms with Gasteiger partial charge in [-0.1, -0.05) is 83.3 Å². The molecular weight excluding hydrogens is 318 g/mol. The third kappa shape index (κ3) is 13.2. The molecule has 5 heteroatoms. The first-order valence-electron chi connectivity index (χ1n) is 9.88. The molecule has 0 fully saturated rings. The number of carbonyl (C=O) groups is 1. The average molecular weight is 358 g/mol. The van der Waals surface area contributed by atoms with E-state index in [0.29, 0.717) is 6.42 Å². The molecule has 0 saturated carbocycles. The highest BCUT2D eigenvalue weighted by Crippen LogP contribution is 2.12. The second-order valence-corrected chi connectivity index (χ2v) is 7.05.